The molecule has 7 nitrogen and oxygen atoms in total. The number of rotatable bonds is 9. The third-order valence-electron chi connectivity index (χ3n) is 3.49. The van der Waals surface area contributed by atoms with Crippen molar-refractivity contribution in [1.82, 2.24) is 10.7 Å². The van der Waals surface area contributed by atoms with Crippen molar-refractivity contribution in [2.75, 3.05) is 13.7 Å². The van der Waals surface area contributed by atoms with E-state index >= 15 is 0 Å². The van der Waals surface area contributed by atoms with Gasteiger partial charge in [0.2, 0.25) is 11.0 Å². The van der Waals surface area contributed by atoms with Gasteiger partial charge in [0.15, 0.2) is 0 Å². The van der Waals surface area contributed by atoms with E-state index in [2.05, 4.69) is 15.9 Å². The Labute approximate surface area is 159 Å². The quantitative estimate of drug-likeness (QED) is 0.263. The van der Waals surface area contributed by atoms with Crippen LogP contribution in [0.1, 0.15) is 37.7 Å². The Morgan fingerprint density at radius 1 is 1.40 bits per heavy atom. The Bertz CT molecular complexity index is 614. The summed E-state index contributed by atoms with van der Waals surface area (Å²) in [6, 6.07) is 5.71. The molecule has 1 fully saturated rings. The highest BCUT2D eigenvalue weighted by Crippen LogP contribution is 2.33. The van der Waals surface area contributed by atoms with Crippen LogP contribution in [0.25, 0.3) is 6.08 Å². The Balaban J connectivity index is 1.70. The minimum Gasteiger partial charge on any atom is -0.497 e. The van der Waals surface area contributed by atoms with E-state index in [0.717, 1.165) is 41.5 Å². The van der Waals surface area contributed by atoms with E-state index in [1.54, 1.807) is 12.6 Å². The Hall–Kier alpha value is -1.26. The fraction of sp³-hybridized carbons (Fsp3) is 0.438. The first kappa shape index (κ1) is 20.1. The van der Waals surface area contributed by atoms with E-state index in [9.17, 15) is 4.79 Å². The summed E-state index contributed by atoms with van der Waals surface area (Å²) in [5, 5.41) is 10.5. The topological polar surface area (TPSA) is 80.3 Å². The second-order valence-corrected chi connectivity index (χ2v) is 6.93. The number of methoxy groups -OCH3 is 1. The number of unbranched alkanes of at least 4 members (excludes halogenated alkanes) is 3. The molecule has 9 heteroatoms. The highest BCUT2D eigenvalue weighted by molar-refractivity contribution is 9.10. The van der Waals surface area contributed by atoms with Crippen LogP contribution in [0, 0.1) is 0 Å². The third-order valence-corrected chi connectivity index (χ3v) is 4.78. The Morgan fingerprint density at radius 2 is 2.20 bits per heavy atom. The number of hydroxylamine groups is 3. The van der Waals surface area contributed by atoms with Gasteiger partial charge in [0.05, 0.1) is 25.7 Å². The molecule has 1 aliphatic rings. The molecule has 1 amide bonds. The van der Waals surface area contributed by atoms with Gasteiger partial charge >= 0.3 is 0 Å². The van der Waals surface area contributed by atoms with Gasteiger partial charge in [-0.1, -0.05) is 34.8 Å². The molecule has 1 saturated heterocycles. The minimum absolute atomic E-state index is 0.340. The zero-order chi connectivity index (χ0) is 18.1. The SMILES string of the molecule is COc1ccc(/C=C2/ON(CCCCCCC(=O)NO)OS2)c(Br)c1. The van der Waals surface area contributed by atoms with Crippen LogP contribution in [0.15, 0.2) is 27.8 Å². The molecule has 0 saturated carbocycles. The Morgan fingerprint density at radius 3 is 2.92 bits per heavy atom. The number of amides is 1. The predicted octanol–water partition coefficient (Wildman–Crippen LogP) is 4.04. The molecule has 1 heterocycles. The predicted molar refractivity (Wildman–Crippen MR) is 98.2 cm³/mol. The summed E-state index contributed by atoms with van der Waals surface area (Å²) in [4.78, 5) is 16.5. The number of halogens is 1. The second kappa shape index (κ2) is 10.7. The average molecular weight is 433 g/mol. The van der Waals surface area contributed by atoms with Crippen molar-refractivity contribution in [2.45, 2.75) is 32.1 Å². The van der Waals surface area contributed by atoms with E-state index in [0.29, 0.717) is 18.1 Å². The lowest BCUT2D eigenvalue weighted by molar-refractivity contribution is -0.259. The molecule has 0 atom stereocenters. The van der Waals surface area contributed by atoms with Crippen molar-refractivity contribution in [3.8, 4) is 5.75 Å². The van der Waals surface area contributed by atoms with E-state index in [1.807, 2.05) is 24.3 Å². The average Bonchev–Trinajstić information content (AvgIpc) is 3.06. The highest BCUT2D eigenvalue weighted by atomic mass is 79.9. The molecule has 0 unspecified atom stereocenters. The lowest BCUT2D eigenvalue weighted by atomic mass is 10.1. The van der Waals surface area contributed by atoms with E-state index in [1.165, 1.54) is 17.3 Å². The number of hydrogen-bond donors (Lipinski definition) is 2. The summed E-state index contributed by atoms with van der Waals surface area (Å²) in [7, 11) is 1.63. The molecule has 2 rings (SSSR count). The van der Waals surface area contributed by atoms with Crippen LogP contribution in [-0.4, -0.2) is 30.0 Å². The molecule has 1 aromatic rings. The van der Waals surface area contributed by atoms with Gasteiger partial charge in [0, 0.05) is 17.0 Å². The molecule has 1 aliphatic heterocycles. The monoisotopic (exact) mass is 432 g/mol. The number of nitrogens with one attached hydrogen (secondary N) is 1. The number of nitrogens with zero attached hydrogens (tertiary/aromatic N) is 1. The summed E-state index contributed by atoms with van der Waals surface area (Å²) >= 11 is 4.67. The summed E-state index contributed by atoms with van der Waals surface area (Å²) in [5.74, 6) is 0.436. The number of carbonyl (C=O) groups excluding carboxylic acids is 1. The molecule has 138 valence electrons. The van der Waals surface area contributed by atoms with Crippen molar-refractivity contribution < 1.29 is 23.9 Å². The van der Waals surface area contributed by atoms with E-state index < -0.39 is 0 Å². The molecule has 2 N–H and O–H groups in total. The molecule has 25 heavy (non-hydrogen) atoms. The molecule has 0 aromatic heterocycles. The highest BCUT2D eigenvalue weighted by Gasteiger charge is 2.21. The number of benzene rings is 1. The van der Waals surface area contributed by atoms with Gasteiger partial charge in [-0.15, -0.1) is 0 Å². The van der Waals surface area contributed by atoms with Gasteiger partial charge in [-0.25, -0.2) is 5.48 Å². The summed E-state index contributed by atoms with van der Waals surface area (Å²) < 4.78 is 11.5. The fourth-order valence-electron chi connectivity index (χ4n) is 2.16. The smallest absolute Gasteiger partial charge is 0.243 e. The van der Waals surface area contributed by atoms with Crippen LogP contribution in [0.4, 0.5) is 0 Å². The molecule has 0 bridgehead atoms. The first-order valence-electron chi connectivity index (χ1n) is 7.90. The van der Waals surface area contributed by atoms with Crippen molar-refractivity contribution in [1.29, 1.82) is 0 Å². The van der Waals surface area contributed by atoms with Gasteiger partial charge in [0.1, 0.15) is 5.75 Å². The maximum Gasteiger partial charge on any atom is 0.243 e. The third kappa shape index (κ3) is 6.87. The molecule has 1 aromatic carbocycles. The van der Waals surface area contributed by atoms with Crippen molar-refractivity contribution in [3.05, 3.63) is 33.3 Å². The normalized spacial score (nSPS) is 16.0. The first-order valence-corrected chi connectivity index (χ1v) is 9.44. The zero-order valence-electron chi connectivity index (χ0n) is 13.9. The minimum atomic E-state index is -0.345. The summed E-state index contributed by atoms with van der Waals surface area (Å²) in [5.41, 5.74) is 2.60. The lowest BCUT2D eigenvalue weighted by Gasteiger charge is -2.10. The van der Waals surface area contributed by atoms with Crippen molar-refractivity contribution in [2.24, 2.45) is 0 Å². The standard InChI is InChI=1S/C16H21BrN2O5S/c1-22-13-8-7-12(14(17)11-13)10-16-23-19(24-25-16)9-5-3-2-4-6-15(20)18-21/h7-8,10-11,21H,2-6,9H2,1H3,(H,18,20)/b16-10-. The molecule has 0 spiro atoms. The van der Waals surface area contributed by atoms with Crippen LogP contribution >= 0.6 is 28.0 Å². The van der Waals surface area contributed by atoms with Crippen LogP contribution in [0.5, 0.6) is 5.75 Å². The maximum atomic E-state index is 10.9. The molecule has 0 aliphatic carbocycles. The second-order valence-electron chi connectivity index (χ2n) is 5.36. The largest absolute Gasteiger partial charge is 0.497 e. The number of ether oxygens (including phenoxy) is 1. The van der Waals surface area contributed by atoms with Crippen LogP contribution in [0.3, 0.4) is 0 Å². The summed E-state index contributed by atoms with van der Waals surface area (Å²) in [6.45, 7) is 0.639. The maximum absolute atomic E-state index is 10.9. The Kier molecular flexibility index (Phi) is 8.56. The van der Waals surface area contributed by atoms with Crippen molar-refractivity contribution in [3.63, 3.8) is 0 Å². The van der Waals surface area contributed by atoms with Crippen molar-refractivity contribution >= 4 is 40.0 Å². The summed E-state index contributed by atoms with van der Waals surface area (Å²) in [6.07, 6.45) is 5.74. The van der Waals surface area contributed by atoms with E-state index in [-0.39, 0.29) is 5.91 Å². The first-order chi connectivity index (χ1) is 12.1. The lowest BCUT2D eigenvalue weighted by Crippen LogP contribution is -2.18. The van der Waals surface area contributed by atoms with Gasteiger partial charge < -0.3 is 9.57 Å². The van der Waals surface area contributed by atoms with Gasteiger partial charge in [-0.2, -0.15) is 4.28 Å². The van der Waals surface area contributed by atoms with Crippen LogP contribution < -0.4 is 10.2 Å². The van der Waals surface area contributed by atoms with Crippen LogP contribution in [-0.2, 0) is 13.9 Å². The van der Waals surface area contributed by atoms with Crippen LogP contribution in [0.2, 0.25) is 0 Å². The van der Waals surface area contributed by atoms with Gasteiger partial charge in [-0.05, 0) is 35.8 Å². The number of hydrogen-bond acceptors (Lipinski definition) is 7. The van der Waals surface area contributed by atoms with Gasteiger partial charge in [0.25, 0.3) is 0 Å². The fourth-order valence-corrected chi connectivity index (χ4v) is 3.18. The van der Waals surface area contributed by atoms with E-state index in [4.69, 9.17) is 19.1 Å². The number of carbonyl (C=O) groups is 1. The molecular formula is C16H21BrN2O5S. The molecular weight excluding hydrogens is 412 g/mol. The van der Waals surface area contributed by atoms with Gasteiger partial charge in [-0.3, -0.25) is 10.0 Å². The zero-order valence-corrected chi connectivity index (χ0v) is 16.3. The molecule has 0 radical (unpaired) electrons.